The molecule has 0 fully saturated rings. The van der Waals surface area contributed by atoms with Gasteiger partial charge in [0.25, 0.3) is 0 Å². The average Bonchev–Trinajstić information content (AvgIpc) is 2.65. The van der Waals surface area contributed by atoms with E-state index in [0.29, 0.717) is 12.2 Å². The number of rotatable bonds is 3. The molecule has 0 aliphatic carbocycles. The SMILES string of the molecule is Cn1nnc(CC(N)c2cncnc2)n1. The molecule has 7 nitrogen and oxygen atoms in total. The Balaban J connectivity index is 2.07. The fraction of sp³-hybridized carbons (Fsp3) is 0.375. The summed E-state index contributed by atoms with van der Waals surface area (Å²) < 4.78 is 0. The molecule has 0 aromatic carbocycles. The molecule has 0 bridgehead atoms. The molecule has 1 atom stereocenters. The Hall–Kier alpha value is -1.89. The molecule has 0 amide bonds. The van der Waals surface area contributed by atoms with Crippen molar-refractivity contribution < 1.29 is 0 Å². The van der Waals surface area contributed by atoms with Crippen LogP contribution in [0.15, 0.2) is 18.7 Å². The topological polar surface area (TPSA) is 95.4 Å². The Morgan fingerprint density at radius 1 is 1.40 bits per heavy atom. The molecule has 2 aromatic heterocycles. The third-order valence-corrected chi connectivity index (χ3v) is 1.96. The minimum absolute atomic E-state index is 0.199. The van der Waals surface area contributed by atoms with Gasteiger partial charge in [-0.25, -0.2) is 9.97 Å². The minimum Gasteiger partial charge on any atom is -0.323 e. The van der Waals surface area contributed by atoms with Crippen molar-refractivity contribution in [1.29, 1.82) is 0 Å². The summed E-state index contributed by atoms with van der Waals surface area (Å²) in [5, 5.41) is 11.6. The van der Waals surface area contributed by atoms with Gasteiger partial charge in [-0.2, -0.15) is 4.80 Å². The molecular weight excluding hydrogens is 194 g/mol. The van der Waals surface area contributed by atoms with Gasteiger partial charge in [0.1, 0.15) is 6.33 Å². The van der Waals surface area contributed by atoms with Crippen LogP contribution in [0.25, 0.3) is 0 Å². The summed E-state index contributed by atoms with van der Waals surface area (Å²) in [6, 6.07) is -0.199. The summed E-state index contributed by atoms with van der Waals surface area (Å²) >= 11 is 0. The van der Waals surface area contributed by atoms with Crippen molar-refractivity contribution in [1.82, 2.24) is 30.2 Å². The van der Waals surface area contributed by atoms with Gasteiger partial charge in [-0.3, -0.25) is 0 Å². The van der Waals surface area contributed by atoms with Crippen molar-refractivity contribution in [3.63, 3.8) is 0 Å². The first-order chi connectivity index (χ1) is 7.25. The van der Waals surface area contributed by atoms with Crippen molar-refractivity contribution in [3.8, 4) is 0 Å². The molecule has 2 aromatic rings. The molecule has 0 saturated heterocycles. The van der Waals surface area contributed by atoms with Crippen LogP contribution in [0.4, 0.5) is 0 Å². The first-order valence-electron chi connectivity index (χ1n) is 4.49. The first kappa shape index (κ1) is 9.66. The number of nitrogens with zero attached hydrogens (tertiary/aromatic N) is 6. The van der Waals surface area contributed by atoms with Crippen molar-refractivity contribution in [2.24, 2.45) is 12.8 Å². The standard InChI is InChI=1S/C8H11N7/c1-15-13-8(12-14-15)2-7(9)6-3-10-5-11-4-6/h3-5,7H,2,9H2,1H3. The molecule has 0 aliphatic rings. The largest absolute Gasteiger partial charge is 0.323 e. The smallest absolute Gasteiger partial charge is 0.176 e. The molecule has 0 aliphatic heterocycles. The maximum absolute atomic E-state index is 5.94. The van der Waals surface area contributed by atoms with Crippen LogP contribution >= 0.6 is 0 Å². The summed E-state index contributed by atoms with van der Waals surface area (Å²) in [7, 11) is 1.72. The second-order valence-corrected chi connectivity index (χ2v) is 3.18. The molecule has 2 heterocycles. The van der Waals surface area contributed by atoms with Gasteiger partial charge in [0, 0.05) is 30.4 Å². The predicted molar refractivity (Wildman–Crippen MR) is 51.5 cm³/mol. The van der Waals surface area contributed by atoms with Crippen LogP contribution in [-0.2, 0) is 13.5 Å². The van der Waals surface area contributed by atoms with Gasteiger partial charge in [-0.1, -0.05) is 0 Å². The van der Waals surface area contributed by atoms with Gasteiger partial charge in [-0.05, 0) is 5.21 Å². The summed E-state index contributed by atoms with van der Waals surface area (Å²) in [4.78, 5) is 9.21. The Bertz CT molecular complexity index is 424. The molecule has 2 rings (SSSR count). The van der Waals surface area contributed by atoms with E-state index in [2.05, 4.69) is 25.4 Å². The molecule has 15 heavy (non-hydrogen) atoms. The van der Waals surface area contributed by atoms with E-state index in [-0.39, 0.29) is 6.04 Å². The highest BCUT2D eigenvalue weighted by molar-refractivity contribution is 5.10. The van der Waals surface area contributed by atoms with E-state index in [1.54, 1.807) is 19.4 Å². The van der Waals surface area contributed by atoms with Crippen LogP contribution in [-0.4, -0.2) is 30.2 Å². The minimum atomic E-state index is -0.199. The number of aromatic nitrogens is 6. The predicted octanol–water partition coefficient (Wildman–Crippen LogP) is -0.757. The van der Waals surface area contributed by atoms with Crippen LogP contribution in [0.3, 0.4) is 0 Å². The van der Waals surface area contributed by atoms with Crippen LogP contribution in [0, 0.1) is 0 Å². The van der Waals surface area contributed by atoms with E-state index in [9.17, 15) is 0 Å². The van der Waals surface area contributed by atoms with Gasteiger partial charge in [0.15, 0.2) is 5.82 Å². The fourth-order valence-electron chi connectivity index (χ4n) is 1.22. The summed E-state index contributed by atoms with van der Waals surface area (Å²) in [5.41, 5.74) is 6.80. The lowest BCUT2D eigenvalue weighted by atomic mass is 10.1. The maximum Gasteiger partial charge on any atom is 0.176 e. The summed E-state index contributed by atoms with van der Waals surface area (Å²) in [6.07, 6.45) is 5.38. The highest BCUT2D eigenvalue weighted by Gasteiger charge is 2.10. The number of nitrogens with two attached hydrogens (primary N) is 1. The molecule has 0 saturated carbocycles. The van der Waals surface area contributed by atoms with Crippen LogP contribution in [0.2, 0.25) is 0 Å². The average molecular weight is 205 g/mol. The van der Waals surface area contributed by atoms with Gasteiger partial charge in [-0.15, -0.1) is 10.2 Å². The lowest BCUT2D eigenvalue weighted by molar-refractivity contribution is 0.622. The Morgan fingerprint density at radius 2 is 2.13 bits per heavy atom. The third-order valence-electron chi connectivity index (χ3n) is 1.96. The van der Waals surface area contributed by atoms with Crippen LogP contribution in [0.5, 0.6) is 0 Å². The van der Waals surface area contributed by atoms with Crippen molar-refractivity contribution in [3.05, 3.63) is 30.1 Å². The molecule has 1 unspecified atom stereocenters. The van der Waals surface area contributed by atoms with Gasteiger partial charge >= 0.3 is 0 Å². The highest BCUT2D eigenvalue weighted by Crippen LogP contribution is 2.10. The Labute approximate surface area is 86.3 Å². The van der Waals surface area contributed by atoms with Crippen molar-refractivity contribution in [2.45, 2.75) is 12.5 Å². The molecule has 7 heteroatoms. The van der Waals surface area contributed by atoms with E-state index >= 15 is 0 Å². The first-order valence-corrected chi connectivity index (χ1v) is 4.49. The second-order valence-electron chi connectivity index (χ2n) is 3.18. The van der Waals surface area contributed by atoms with Gasteiger partial charge in [0.05, 0.1) is 7.05 Å². The molecule has 78 valence electrons. The number of hydrogen-bond acceptors (Lipinski definition) is 6. The second kappa shape index (κ2) is 4.09. The Kier molecular flexibility index (Phi) is 2.64. The lowest BCUT2D eigenvalue weighted by Gasteiger charge is -2.07. The van der Waals surface area contributed by atoms with Gasteiger partial charge in [0.2, 0.25) is 0 Å². The fourth-order valence-corrected chi connectivity index (χ4v) is 1.22. The molecule has 2 N–H and O–H groups in total. The zero-order valence-electron chi connectivity index (χ0n) is 8.28. The molecule has 0 spiro atoms. The summed E-state index contributed by atoms with van der Waals surface area (Å²) in [6.45, 7) is 0. The van der Waals surface area contributed by atoms with E-state index in [1.807, 2.05) is 0 Å². The van der Waals surface area contributed by atoms with Crippen molar-refractivity contribution in [2.75, 3.05) is 0 Å². The monoisotopic (exact) mass is 205 g/mol. The highest BCUT2D eigenvalue weighted by atomic mass is 15.6. The van der Waals surface area contributed by atoms with E-state index in [4.69, 9.17) is 5.73 Å². The zero-order valence-corrected chi connectivity index (χ0v) is 8.28. The van der Waals surface area contributed by atoms with E-state index < -0.39 is 0 Å². The quantitative estimate of drug-likeness (QED) is 0.707. The van der Waals surface area contributed by atoms with Crippen LogP contribution < -0.4 is 5.73 Å². The van der Waals surface area contributed by atoms with Crippen molar-refractivity contribution >= 4 is 0 Å². The van der Waals surface area contributed by atoms with E-state index in [1.165, 1.54) is 11.1 Å². The summed E-state index contributed by atoms with van der Waals surface area (Å²) in [5.74, 6) is 0.619. The maximum atomic E-state index is 5.94. The molecule has 0 radical (unpaired) electrons. The number of tetrazole rings is 1. The number of aryl methyl sites for hydroxylation is 1. The van der Waals surface area contributed by atoms with Crippen LogP contribution in [0.1, 0.15) is 17.4 Å². The van der Waals surface area contributed by atoms with E-state index in [0.717, 1.165) is 5.56 Å². The Morgan fingerprint density at radius 3 is 2.73 bits per heavy atom. The lowest BCUT2D eigenvalue weighted by Crippen LogP contribution is -2.14. The molecular formula is C8H11N7. The van der Waals surface area contributed by atoms with Gasteiger partial charge < -0.3 is 5.73 Å². The zero-order chi connectivity index (χ0) is 10.7. The normalized spacial score (nSPS) is 12.7. The number of hydrogen-bond donors (Lipinski definition) is 1. The third kappa shape index (κ3) is 2.32.